The molecule has 0 bridgehead atoms. The molecule has 0 aliphatic carbocycles. The highest BCUT2D eigenvalue weighted by Crippen LogP contribution is 2.21. The molecule has 2 aromatic rings. The van der Waals surface area contributed by atoms with E-state index in [4.69, 9.17) is 0 Å². The van der Waals surface area contributed by atoms with E-state index in [0.717, 1.165) is 31.1 Å². The van der Waals surface area contributed by atoms with E-state index in [1.807, 2.05) is 31.4 Å². The van der Waals surface area contributed by atoms with E-state index in [1.54, 1.807) is 0 Å². The maximum absolute atomic E-state index is 4.62. The highest BCUT2D eigenvalue weighted by Gasteiger charge is 2.20. The highest BCUT2D eigenvalue weighted by atomic mass is 15.2. The van der Waals surface area contributed by atoms with Gasteiger partial charge in [-0.3, -0.25) is 4.90 Å². The standard InChI is InChI=1S/C18H24N4/c1-19-16-10-11-22(14-16)13-15-8-9-18(20-12-15)21(2)17-6-4-3-5-7-17/h3-9,12,16,19H,10-11,13-14H2,1-2H3. The zero-order valence-electron chi connectivity index (χ0n) is 13.4. The Bertz CT molecular complexity index is 582. The van der Waals surface area contributed by atoms with Crippen LogP contribution < -0.4 is 10.2 Å². The Morgan fingerprint density at radius 1 is 1.23 bits per heavy atom. The van der Waals surface area contributed by atoms with Crippen LogP contribution in [0.15, 0.2) is 48.7 Å². The number of benzene rings is 1. The first-order valence-corrected chi connectivity index (χ1v) is 7.89. The molecule has 1 aliphatic heterocycles. The van der Waals surface area contributed by atoms with Crippen LogP contribution in [0.4, 0.5) is 11.5 Å². The summed E-state index contributed by atoms with van der Waals surface area (Å²) >= 11 is 0. The van der Waals surface area contributed by atoms with Gasteiger partial charge < -0.3 is 10.2 Å². The van der Waals surface area contributed by atoms with Gasteiger partial charge in [0.1, 0.15) is 5.82 Å². The minimum Gasteiger partial charge on any atom is -0.329 e. The van der Waals surface area contributed by atoms with Crippen molar-refractivity contribution >= 4 is 11.5 Å². The number of anilines is 2. The van der Waals surface area contributed by atoms with Gasteiger partial charge in [-0.15, -0.1) is 0 Å². The lowest BCUT2D eigenvalue weighted by molar-refractivity contribution is 0.322. The van der Waals surface area contributed by atoms with Crippen LogP contribution in [0.5, 0.6) is 0 Å². The van der Waals surface area contributed by atoms with Gasteiger partial charge >= 0.3 is 0 Å². The Kier molecular flexibility index (Phi) is 4.71. The Morgan fingerprint density at radius 2 is 2.05 bits per heavy atom. The third kappa shape index (κ3) is 3.46. The summed E-state index contributed by atoms with van der Waals surface area (Å²) in [5.74, 6) is 0.976. The fourth-order valence-corrected chi connectivity index (χ4v) is 2.96. The Morgan fingerprint density at radius 3 is 2.68 bits per heavy atom. The molecule has 0 radical (unpaired) electrons. The predicted octanol–water partition coefficient (Wildman–Crippen LogP) is 2.64. The average molecular weight is 296 g/mol. The van der Waals surface area contributed by atoms with Crippen LogP contribution in [-0.4, -0.2) is 43.1 Å². The summed E-state index contributed by atoms with van der Waals surface area (Å²) in [7, 11) is 4.10. The molecule has 1 aromatic heterocycles. The molecular weight excluding hydrogens is 272 g/mol. The number of likely N-dealkylation sites (N-methyl/N-ethyl adjacent to an activating group) is 1. The van der Waals surface area contributed by atoms with Crippen molar-refractivity contribution in [2.24, 2.45) is 0 Å². The minimum absolute atomic E-state index is 0.636. The number of hydrogen-bond donors (Lipinski definition) is 1. The quantitative estimate of drug-likeness (QED) is 0.919. The number of para-hydroxylation sites is 1. The van der Waals surface area contributed by atoms with Gasteiger partial charge in [0.15, 0.2) is 0 Å². The van der Waals surface area contributed by atoms with Gasteiger partial charge in [-0.1, -0.05) is 24.3 Å². The van der Waals surface area contributed by atoms with Gasteiger partial charge in [0.2, 0.25) is 0 Å². The fourth-order valence-electron chi connectivity index (χ4n) is 2.96. The van der Waals surface area contributed by atoms with Gasteiger partial charge in [-0.2, -0.15) is 0 Å². The molecule has 22 heavy (non-hydrogen) atoms. The SMILES string of the molecule is CNC1CCN(Cc2ccc(N(C)c3ccccc3)nc2)C1. The van der Waals surface area contributed by atoms with Crippen LogP contribution >= 0.6 is 0 Å². The molecule has 0 saturated carbocycles. The molecule has 3 rings (SSSR count). The van der Waals surface area contributed by atoms with Crippen LogP contribution in [0.2, 0.25) is 0 Å². The van der Waals surface area contributed by atoms with Crippen LogP contribution in [0, 0.1) is 0 Å². The van der Waals surface area contributed by atoms with Gasteiger partial charge in [-0.05, 0) is 37.2 Å². The van der Waals surface area contributed by atoms with Crippen molar-refractivity contribution in [1.29, 1.82) is 0 Å². The van der Waals surface area contributed by atoms with E-state index < -0.39 is 0 Å². The molecule has 1 aromatic carbocycles. The molecule has 1 aliphatic rings. The Balaban J connectivity index is 1.63. The maximum atomic E-state index is 4.62. The second-order valence-electron chi connectivity index (χ2n) is 5.93. The summed E-state index contributed by atoms with van der Waals surface area (Å²) in [6.07, 6.45) is 3.24. The summed E-state index contributed by atoms with van der Waals surface area (Å²) in [5, 5.41) is 3.36. The van der Waals surface area contributed by atoms with E-state index >= 15 is 0 Å². The summed E-state index contributed by atoms with van der Waals surface area (Å²) in [6.45, 7) is 3.28. The van der Waals surface area contributed by atoms with E-state index in [-0.39, 0.29) is 0 Å². The molecule has 4 nitrogen and oxygen atoms in total. The van der Waals surface area contributed by atoms with Crippen molar-refractivity contribution in [3.63, 3.8) is 0 Å². The largest absolute Gasteiger partial charge is 0.329 e. The van der Waals surface area contributed by atoms with Crippen LogP contribution in [0.3, 0.4) is 0 Å². The summed E-state index contributed by atoms with van der Waals surface area (Å²) < 4.78 is 0. The van der Waals surface area contributed by atoms with Crippen molar-refractivity contribution in [3.05, 3.63) is 54.2 Å². The van der Waals surface area contributed by atoms with Crippen molar-refractivity contribution in [2.75, 3.05) is 32.1 Å². The van der Waals surface area contributed by atoms with Crippen molar-refractivity contribution < 1.29 is 0 Å². The lowest BCUT2D eigenvalue weighted by atomic mass is 10.2. The molecule has 0 spiro atoms. The molecule has 1 fully saturated rings. The maximum Gasteiger partial charge on any atom is 0.132 e. The van der Waals surface area contributed by atoms with E-state index in [9.17, 15) is 0 Å². The number of nitrogens with one attached hydrogen (secondary N) is 1. The number of rotatable bonds is 5. The van der Waals surface area contributed by atoms with Crippen LogP contribution in [-0.2, 0) is 6.54 Å². The number of pyridine rings is 1. The monoisotopic (exact) mass is 296 g/mol. The normalized spacial score (nSPS) is 18.5. The molecule has 0 amide bonds. The number of aromatic nitrogens is 1. The zero-order chi connectivity index (χ0) is 15.4. The molecule has 1 atom stereocenters. The number of nitrogens with zero attached hydrogens (tertiary/aromatic N) is 3. The van der Waals surface area contributed by atoms with Gasteiger partial charge in [0, 0.05) is 44.6 Å². The summed E-state index contributed by atoms with van der Waals surface area (Å²) in [6, 6.07) is 15.2. The van der Waals surface area contributed by atoms with Crippen molar-refractivity contribution in [2.45, 2.75) is 19.0 Å². The topological polar surface area (TPSA) is 31.4 Å². The Hall–Kier alpha value is -1.91. The lowest BCUT2D eigenvalue weighted by Crippen LogP contribution is -2.29. The smallest absolute Gasteiger partial charge is 0.132 e. The molecule has 4 heteroatoms. The van der Waals surface area contributed by atoms with E-state index in [1.165, 1.54) is 12.0 Å². The second kappa shape index (κ2) is 6.90. The first kappa shape index (κ1) is 15.0. The zero-order valence-corrected chi connectivity index (χ0v) is 13.4. The molecule has 1 N–H and O–H groups in total. The van der Waals surface area contributed by atoms with Crippen LogP contribution in [0.25, 0.3) is 0 Å². The van der Waals surface area contributed by atoms with E-state index in [0.29, 0.717) is 6.04 Å². The average Bonchev–Trinajstić information content (AvgIpc) is 3.03. The first-order chi connectivity index (χ1) is 10.8. The summed E-state index contributed by atoms with van der Waals surface area (Å²) in [5.41, 5.74) is 2.43. The fraction of sp³-hybridized carbons (Fsp3) is 0.389. The van der Waals surface area contributed by atoms with Crippen molar-refractivity contribution in [3.8, 4) is 0 Å². The molecule has 1 saturated heterocycles. The van der Waals surface area contributed by atoms with E-state index in [2.05, 4.69) is 51.4 Å². The molecular formula is C18H24N4. The number of likely N-dealkylation sites (tertiary alicyclic amines) is 1. The van der Waals surface area contributed by atoms with Gasteiger partial charge in [0.05, 0.1) is 0 Å². The van der Waals surface area contributed by atoms with Crippen molar-refractivity contribution in [1.82, 2.24) is 15.2 Å². The van der Waals surface area contributed by atoms with Gasteiger partial charge in [0.25, 0.3) is 0 Å². The van der Waals surface area contributed by atoms with Gasteiger partial charge in [-0.25, -0.2) is 4.98 Å². The predicted molar refractivity (Wildman–Crippen MR) is 91.5 cm³/mol. The molecule has 116 valence electrons. The molecule has 2 heterocycles. The second-order valence-corrected chi connectivity index (χ2v) is 5.93. The third-order valence-electron chi connectivity index (χ3n) is 4.38. The lowest BCUT2D eigenvalue weighted by Gasteiger charge is -2.19. The van der Waals surface area contributed by atoms with Crippen LogP contribution in [0.1, 0.15) is 12.0 Å². The number of hydrogen-bond acceptors (Lipinski definition) is 4. The molecule has 1 unspecified atom stereocenters. The third-order valence-corrected chi connectivity index (χ3v) is 4.38. The minimum atomic E-state index is 0.636. The Labute approximate surface area is 132 Å². The highest BCUT2D eigenvalue weighted by molar-refractivity contribution is 5.58. The first-order valence-electron chi connectivity index (χ1n) is 7.89. The summed E-state index contributed by atoms with van der Waals surface area (Å²) in [4.78, 5) is 9.21.